The number of hydrogen-bond acceptors (Lipinski definition) is 3. The first-order chi connectivity index (χ1) is 6.16. The van der Waals surface area contributed by atoms with Crippen LogP contribution in [0.25, 0.3) is 5.65 Å². The number of halogens is 1. The van der Waals surface area contributed by atoms with Gasteiger partial charge >= 0.3 is 0 Å². The van der Waals surface area contributed by atoms with Gasteiger partial charge in [0.1, 0.15) is 17.3 Å². The molecule has 4 nitrogen and oxygen atoms in total. The third-order valence-electron chi connectivity index (χ3n) is 1.65. The summed E-state index contributed by atoms with van der Waals surface area (Å²) in [4.78, 5) is 15.0. The Bertz CT molecular complexity index is 515. The van der Waals surface area contributed by atoms with Gasteiger partial charge in [0.05, 0.1) is 0 Å². The van der Waals surface area contributed by atoms with Crippen molar-refractivity contribution in [2.24, 2.45) is 0 Å². The topological polar surface area (TPSA) is 60.4 Å². The van der Waals surface area contributed by atoms with Crippen LogP contribution in [0.2, 0.25) is 0 Å². The maximum Gasteiger partial charge on any atom is 0.259 e. The fraction of sp³-hybridized carbons (Fsp3) is 0. The van der Waals surface area contributed by atoms with Gasteiger partial charge in [0.2, 0.25) is 0 Å². The lowest BCUT2D eigenvalue weighted by Gasteiger charge is -1.99. The van der Waals surface area contributed by atoms with Gasteiger partial charge in [0.15, 0.2) is 0 Å². The predicted octanol–water partition coefficient (Wildman–Crippen LogP) is 0.416. The predicted molar refractivity (Wildman–Crippen MR) is 45.8 cm³/mol. The fourth-order valence-corrected chi connectivity index (χ4v) is 1.10. The van der Waals surface area contributed by atoms with E-state index in [2.05, 4.69) is 4.98 Å². The van der Waals surface area contributed by atoms with Gasteiger partial charge in [-0.05, 0) is 6.07 Å². The van der Waals surface area contributed by atoms with Crippen LogP contribution in [-0.2, 0) is 0 Å². The maximum absolute atomic E-state index is 12.7. The Kier molecular flexibility index (Phi) is 1.51. The SMILES string of the molecule is Nc1cc(=O)n2ccc(F)cc2n1. The van der Waals surface area contributed by atoms with Crippen LogP contribution in [0.1, 0.15) is 0 Å². The zero-order valence-corrected chi connectivity index (χ0v) is 6.57. The minimum atomic E-state index is -0.447. The molecular weight excluding hydrogens is 173 g/mol. The Balaban J connectivity index is 2.95. The van der Waals surface area contributed by atoms with E-state index in [0.29, 0.717) is 0 Å². The summed E-state index contributed by atoms with van der Waals surface area (Å²) in [6.45, 7) is 0. The van der Waals surface area contributed by atoms with Crippen molar-refractivity contribution in [1.82, 2.24) is 9.38 Å². The Hall–Kier alpha value is -1.91. The number of pyridine rings is 1. The van der Waals surface area contributed by atoms with Crippen molar-refractivity contribution in [3.8, 4) is 0 Å². The number of aromatic nitrogens is 2. The molecule has 2 aromatic rings. The summed E-state index contributed by atoms with van der Waals surface area (Å²) < 4.78 is 13.9. The first-order valence-electron chi connectivity index (χ1n) is 3.61. The van der Waals surface area contributed by atoms with E-state index >= 15 is 0 Å². The highest BCUT2D eigenvalue weighted by Crippen LogP contribution is 2.02. The van der Waals surface area contributed by atoms with Gasteiger partial charge in [0.25, 0.3) is 5.56 Å². The molecular formula is C8H6FN3O. The van der Waals surface area contributed by atoms with Crippen LogP contribution < -0.4 is 11.3 Å². The molecule has 2 aromatic heterocycles. The number of nitrogens with zero attached hydrogens (tertiary/aromatic N) is 2. The molecule has 0 aromatic carbocycles. The van der Waals surface area contributed by atoms with Crippen LogP contribution in [0, 0.1) is 5.82 Å². The number of nitrogens with two attached hydrogens (primary N) is 1. The second-order valence-electron chi connectivity index (χ2n) is 2.59. The average Bonchev–Trinajstić information content (AvgIpc) is 2.02. The zero-order chi connectivity index (χ0) is 9.42. The Labute approximate surface area is 72.4 Å². The highest BCUT2D eigenvalue weighted by atomic mass is 19.1. The van der Waals surface area contributed by atoms with Crippen molar-refractivity contribution < 1.29 is 4.39 Å². The van der Waals surface area contributed by atoms with Crippen molar-refractivity contribution in [3.05, 3.63) is 40.6 Å². The molecule has 2 N–H and O–H groups in total. The third-order valence-corrected chi connectivity index (χ3v) is 1.65. The van der Waals surface area contributed by atoms with Crippen LogP contribution in [0.5, 0.6) is 0 Å². The molecule has 0 unspecified atom stereocenters. The number of rotatable bonds is 0. The lowest BCUT2D eigenvalue weighted by molar-refractivity contribution is 0.625. The van der Waals surface area contributed by atoms with Crippen LogP contribution in [0.4, 0.5) is 10.2 Å². The van der Waals surface area contributed by atoms with E-state index < -0.39 is 5.82 Å². The summed E-state index contributed by atoms with van der Waals surface area (Å²) in [6.07, 6.45) is 1.32. The molecule has 0 radical (unpaired) electrons. The molecule has 2 heterocycles. The summed E-state index contributed by atoms with van der Waals surface area (Å²) in [7, 11) is 0. The van der Waals surface area contributed by atoms with E-state index in [1.54, 1.807) is 0 Å². The molecule has 0 saturated carbocycles. The first-order valence-corrected chi connectivity index (χ1v) is 3.61. The van der Waals surface area contributed by atoms with Crippen molar-refractivity contribution in [2.45, 2.75) is 0 Å². The van der Waals surface area contributed by atoms with E-state index in [1.807, 2.05) is 0 Å². The van der Waals surface area contributed by atoms with E-state index in [0.717, 1.165) is 6.07 Å². The molecule has 0 fully saturated rings. The lowest BCUT2D eigenvalue weighted by atomic mass is 10.4. The molecule has 66 valence electrons. The summed E-state index contributed by atoms with van der Waals surface area (Å²) in [5.41, 5.74) is 5.22. The second-order valence-corrected chi connectivity index (χ2v) is 2.59. The van der Waals surface area contributed by atoms with E-state index in [-0.39, 0.29) is 17.0 Å². The minimum Gasteiger partial charge on any atom is -0.383 e. The Morgan fingerprint density at radius 2 is 2.23 bits per heavy atom. The van der Waals surface area contributed by atoms with Crippen LogP contribution in [0.15, 0.2) is 29.2 Å². The largest absolute Gasteiger partial charge is 0.383 e. The molecule has 0 amide bonds. The van der Waals surface area contributed by atoms with E-state index in [1.165, 1.54) is 22.7 Å². The third kappa shape index (κ3) is 1.24. The number of nitrogen functional groups attached to an aromatic ring is 1. The van der Waals surface area contributed by atoms with Crippen LogP contribution >= 0.6 is 0 Å². The molecule has 0 aliphatic carbocycles. The van der Waals surface area contributed by atoms with Crippen molar-refractivity contribution >= 4 is 11.5 Å². The van der Waals surface area contributed by atoms with Gasteiger partial charge in [-0.3, -0.25) is 9.20 Å². The molecule has 5 heteroatoms. The second kappa shape index (κ2) is 2.55. The van der Waals surface area contributed by atoms with Crippen molar-refractivity contribution in [2.75, 3.05) is 5.73 Å². The van der Waals surface area contributed by atoms with E-state index in [9.17, 15) is 9.18 Å². The van der Waals surface area contributed by atoms with Gasteiger partial charge in [-0.1, -0.05) is 0 Å². The Morgan fingerprint density at radius 3 is 3.00 bits per heavy atom. The van der Waals surface area contributed by atoms with Gasteiger partial charge in [-0.2, -0.15) is 0 Å². The van der Waals surface area contributed by atoms with Crippen LogP contribution in [-0.4, -0.2) is 9.38 Å². The van der Waals surface area contributed by atoms with Crippen LogP contribution in [0.3, 0.4) is 0 Å². The standard InChI is InChI=1S/C8H6FN3O/c9-5-1-2-12-7(3-5)11-6(10)4-8(12)13/h1-4H,10H2. The van der Waals surface area contributed by atoms with Gasteiger partial charge in [0, 0.05) is 18.3 Å². The average molecular weight is 179 g/mol. The molecule has 0 aliphatic rings. The molecule has 0 atom stereocenters. The maximum atomic E-state index is 12.7. The molecule has 13 heavy (non-hydrogen) atoms. The first kappa shape index (κ1) is 7.72. The highest BCUT2D eigenvalue weighted by Gasteiger charge is 1.99. The molecule has 0 saturated heterocycles. The molecule has 2 rings (SSSR count). The number of hydrogen-bond donors (Lipinski definition) is 1. The minimum absolute atomic E-state index is 0.0931. The normalized spacial score (nSPS) is 10.5. The Morgan fingerprint density at radius 1 is 1.46 bits per heavy atom. The zero-order valence-electron chi connectivity index (χ0n) is 6.57. The van der Waals surface area contributed by atoms with E-state index in [4.69, 9.17) is 5.73 Å². The quantitative estimate of drug-likeness (QED) is 0.637. The molecule has 0 bridgehead atoms. The highest BCUT2D eigenvalue weighted by molar-refractivity contribution is 5.44. The monoisotopic (exact) mass is 179 g/mol. The summed E-state index contributed by atoms with van der Waals surface area (Å²) in [6, 6.07) is 3.52. The summed E-state index contributed by atoms with van der Waals surface area (Å²) in [5.74, 6) is -0.354. The lowest BCUT2D eigenvalue weighted by Crippen LogP contribution is -2.14. The van der Waals surface area contributed by atoms with Gasteiger partial charge in [-0.15, -0.1) is 0 Å². The molecule has 0 spiro atoms. The number of anilines is 1. The summed E-state index contributed by atoms with van der Waals surface area (Å²) >= 11 is 0. The van der Waals surface area contributed by atoms with Gasteiger partial charge < -0.3 is 5.73 Å². The number of fused-ring (bicyclic) bond motifs is 1. The fourth-order valence-electron chi connectivity index (χ4n) is 1.10. The van der Waals surface area contributed by atoms with Gasteiger partial charge in [-0.25, -0.2) is 9.37 Å². The molecule has 0 aliphatic heterocycles. The summed E-state index contributed by atoms with van der Waals surface area (Å²) in [5, 5.41) is 0. The van der Waals surface area contributed by atoms with Crippen molar-refractivity contribution in [1.29, 1.82) is 0 Å². The van der Waals surface area contributed by atoms with Crippen molar-refractivity contribution in [3.63, 3.8) is 0 Å². The smallest absolute Gasteiger partial charge is 0.259 e.